The van der Waals surface area contributed by atoms with Crippen molar-refractivity contribution in [2.45, 2.75) is 24.3 Å². The highest BCUT2D eigenvalue weighted by Crippen LogP contribution is 2.31. The first-order chi connectivity index (χ1) is 11.4. The molecule has 0 spiro atoms. The van der Waals surface area contributed by atoms with Gasteiger partial charge in [-0.1, -0.05) is 24.3 Å². The number of rotatable bonds is 4. The van der Waals surface area contributed by atoms with Crippen molar-refractivity contribution in [1.29, 1.82) is 0 Å². The zero-order chi connectivity index (χ0) is 17.3. The molecule has 0 saturated heterocycles. The van der Waals surface area contributed by atoms with Gasteiger partial charge in [0.15, 0.2) is 9.84 Å². The molecule has 0 bridgehead atoms. The van der Waals surface area contributed by atoms with Crippen LogP contribution in [0.5, 0.6) is 0 Å². The number of carbonyl (C=O) groups excluding carboxylic acids is 1. The van der Waals surface area contributed by atoms with E-state index in [2.05, 4.69) is 5.32 Å². The Morgan fingerprint density at radius 1 is 1.21 bits per heavy atom. The van der Waals surface area contributed by atoms with Crippen LogP contribution in [0.4, 0.5) is 11.4 Å². The molecule has 6 heteroatoms. The van der Waals surface area contributed by atoms with Crippen LogP contribution in [0.2, 0.25) is 0 Å². The maximum absolute atomic E-state index is 12.6. The minimum atomic E-state index is -3.26. The fraction of sp³-hybridized carbons (Fsp3) is 0.278. The Balaban J connectivity index is 1.73. The van der Waals surface area contributed by atoms with Gasteiger partial charge < -0.3 is 10.2 Å². The van der Waals surface area contributed by atoms with Gasteiger partial charge in [0.25, 0.3) is 0 Å². The summed E-state index contributed by atoms with van der Waals surface area (Å²) in [4.78, 5) is 14.7. The molecule has 1 atom stereocenters. The van der Waals surface area contributed by atoms with Crippen molar-refractivity contribution >= 4 is 27.1 Å². The first kappa shape index (κ1) is 16.5. The molecule has 24 heavy (non-hydrogen) atoms. The predicted molar refractivity (Wildman–Crippen MR) is 95.1 cm³/mol. The number of nitrogens with zero attached hydrogens (tertiary/aromatic N) is 1. The molecule has 126 valence electrons. The summed E-state index contributed by atoms with van der Waals surface area (Å²) < 4.78 is 23.2. The molecule has 0 saturated carbocycles. The minimum Gasteiger partial charge on any atom is -0.376 e. The van der Waals surface area contributed by atoms with E-state index in [1.165, 1.54) is 11.8 Å². The molecule has 2 aromatic rings. The molecule has 5 nitrogen and oxygen atoms in total. The molecule has 1 heterocycles. The fourth-order valence-corrected chi connectivity index (χ4v) is 3.71. The molecule has 0 radical (unpaired) electrons. The topological polar surface area (TPSA) is 66.5 Å². The van der Waals surface area contributed by atoms with Crippen LogP contribution in [0.3, 0.4) is 0 Å². The van der Waals surface area contributed by atoms with Crippen molar-refractivity contribution in [1.82, 2.24) is 0 Å². The maximum atomic E-state index is 12.6. The van der Waals surface area contributed by atoms with Crippen molar-refractivity contribution < 1.29 is 13.2 Å². The SMILES string of the molecule is C[C@H]1Cc2ccccc2N1C(=O)CNc1cccc(S(C)(=O)=O)c1. The van der Waals surface area contributed by atoms with Crippen molar-refractivity contribution in [2.24, 2.45) is 0 Å². The monoisotopic (exact) mass is 344 g/mol. The van der Waals surface area contributed by atoms with Crippen LogP contribution in [0.1, 0.15) is 12.5 Å². The highest BCUT2D eigenvalue weighted by Gasteiger charge is 2.30. The van der Waals surface area contributed by atoms with E-state index in [0.29, 0.717) is 5.69 Å². The summed E-state index contributed by atoms with van der Waals surface area (Å²) in [5.74, 6) is -0.0304. The highest BCUT2D eigenvalue weighted by molar-refractivity contribution is 7.90. The van der Waals surface area contributed by atoms with Gasteiger partial charge in [0.2, 0.25) is 5.91 Å². The van der Waals surface area contributed by atoms with Crippen LogP contribution < -0.4 is 10.2 Å². The molecular formula is C18H20N2O3S. The van der Waals surface area contributed by atoms with Crippen molar-refractivity contribution in [2.75, 3.05) is 23.0 Å². The predicted octanol–water partition coefficient (Wildman–Crippen LogP) is 2.48. The number of nitrogens with one attached hydrogen (secondary N) is 1. The van der Waals surface area contributed by atoms with Crippen molar-refractivity contribution in [3.63, 3.8) is 0 Å². The van der Waals surface area contributed by atoms with Crippen LogP contribution in [-0.2, 0) is 21.1 Å². The third kappa shape index (κ3) is 3.28. The zero-order valence-electron chi connectivity index (χ0n) is 13.7. The van der Waals surface area contributed by atoms with Gasteiger partial charge in [-0.15, -0.1) is 0 Å². The van der Waals surface area contributed by atoms with Gasteiger partial charge in [0.05, 0.1) is 11.4 Å². The summed E-state index contributed by atoms with van der Waals surface area (Å²) in [6.07, 6.45) is 2.02. The molecule has 2 aromatic carbocycles. The Morgan fingerprint density at radius 2 is 1.96 bits per heavy atom. The molecule has 1 aliphatic rings. The van der Waals surface area contributed by atoms with E-state index in [-0.39, 0.29) is 23.4 Å². The van der Waals surface area contributed by atoms with Crippen molar-refractivity contribution in [3.8, 4) is 0 Å². The van der Waals surface area contributed by atoms with Crippen LogP contribution in [-0.4, -0.2) is 33.2 Å². The molecule has 0 unspecified atom stereocenters. The van der Waals surface area contributed by atoms with Crippen LogP contribution in [0.15, 0.2) is 53.4 Å². The summed E-state index contributed by atoms with van der Waals surface area (Å²) in [6.45, 7) is 2.15. The van der Waals surface area contributed by atoms with Crippen molar-refractivity contribution in [3.05, 3.63) is 54.1 Å². The average molecular weight is 344 g/mol. The Morgan fingerprint density at radius 3 is 2.71 bits per heavy atom. The molecule has 1 aliphatic heterocycles. The van der Waals surface area contributed by atoms with E-state index >= 15 is 0 Å². The summed E-state index contributed by atoms with van der Waals surface area (Å²) in [6, 6.07) is 14.5. The van der Waals surface area contributed by atoms with Crippen LogP contribution >= 0.6 is 0 Å². The van der Waals surface area contributed by atoms with Gasteiger partial charge in [0, 0.05) is 23.7 Å². The van der Waals surface area contributed by atoms with Gasteiger partial charge in [-0.3, -0.25) is 4.79 Å². The lowest BCUT2D eigenvalue weighted by Gasteiger charge is -2.23. The van der Waals surface area contributed by atoms with Gasteiger partial charge in [0.1, 0.15) is 0 Å². The van der Waals surface area contributed by atoms with E-state index in [0.717, 1.165) is 12.1 Å². The second-order valence-electron chi connectivity index (χ2n) is 6.10. The Kier molecular flexibility index (Phi) is 4.32. The van der Waals surface area contributed by atoms with Gasteiger partial charge in [-0.25, -0.2) is 8.42 Å². The number of amides is 1. The summed E-state index contributed by atoms with van der Waals surface area (Å²) >= 11 is 0. The lowest BCUT2D eigenvalue weighted by molar-refractivity contribution is -0.117. The second-order valence-corrected chi connectivity index (χ2v) is 8.11. The smallest absolute Gasteiger partial charge is 0.246 e. The largest absolute Gasteiger partial charge is 0.376 e. The van der Waals surface area contributed by atoms with E-state index in [4.69, 9.17) is 0 Å². The molecule has 0 aliphatic carbocycles. The molecular weight excluding hydrogens is 324 g/mol. The normalized spacial score (nSPS) is 16.8. The summed E-state index contributed by atoms with van der Waals surface area (Å²) in [7, 11) is -3.26. The number of para-hydroxylation sites is 1. The first-order valence-electron chi connectivity index (χ1n) is 7.80. The van der Waals surface area contributed by atoms with Gasteiger partial charge in [-0.05, 0) is 43.2 Å². The van der Waals surface area contributed by atoms with E-state index in [1.54, 1.807) is 24.3 Å². The number of carbonyl (C=O) groups is 1. The summed E-state index contributed by atoms with van der Waals surface area (Å²) in [5, 5.41) is 3.03. The first-order valence-corrected chi connectivity index (χ1v) is 9.69. The lowest BCUT2D eigenvalue weighted by Crippen LogP contribution is -2.39. The quantitative estimate of drug-likeness (QED) is 0.925. The highest BCUT2D eigenvalue weighted by atomic mass is 32.2. The van der Waals surface area contributed by atoms with E-state index in [1.807, 2.05) is 36.1 Å². The second kappa shape index (κ2) is 6.28. The lowest BCUT2D eigenvalue weighted by atomic mass is 10.1. The molecule has 1 amide bonds. The average Bonchev–Trinajstić information content (AvgIpc) is 2.88. The van der Waals surface area contributed by atoms with E-state index in [9.17, 15) is 13.2 Å². The number of benzene rings is 2. The molecule has 0 fully saturated rings. The van der Waals surface area contributed by atoms with Gasteiger partial charge >= 0.3 is 0 Å². The molecule has 0 aromatic heterocycles. The van der Waals surface area contributed by atoms with Crippen LogP contribution in [0.25, 0.3) is 0 Å². The zero-order valence-corrected chi connectivity index (χ0v) is 14.5. The van der Waals surface area contributed by atoms with Crippen LogP contribution in [0, 0.1) is 0 Å². The standard InChI is InChI=1S/C18H20N2O3S/c1-13-10-14-6-3-4-9-17(14)20(13)18(21)12-19-15-7-5-8-16(11-15)24(2,22)23/h3-9,11,13,19H,10,12H2,1-2H3/t13-/m0/s1. The number of anilines is 2. The number of hydrogen-bond donors (Lipinski definition) is 1. The number of fused-ring (bicyclic) bond motifs is 1. The molecule has 3 rings (SSSR count). The Bertz CT molecular complexity index is 877. The summed E-state index contributed by atoms with van der Waals surface area (Å²) in [5.41, 5.74) is 2.76. The minimum absolute atomic E-state index is 0.0304. The van der Waals surface area contributed by atoms with Gasteiger partial charge in [-0.2, -0.15) is 0 Å². The third-order valence-electron chi connectivity index (χ3n) is 4.18. The Hall–Kier alpha value is -2.34. The van der Waals surface area contributed by atoms with E-state index < -0.39 is 9.84 Å². The number of sulfone groups is 1. The third-order valence-corrected chi connectivity index (χ3v) is 5.29. The molecule has 1 N–H and O–H groups in total. The Labute approximate surface area is 142 Å². The maximum Gasteiger partial charge on any atom is 0.246 e. The fourth-order valence-electron chi connectivity index (χ4n) is 3.05. The number of hydrogen-bond acceptors (Lipinski definition) is 4.